The van der Waals surface area contributed by atoms with Crippen LogP contribution in [0, 0.1) is 12.7 Å². The van der Waals surface area contributed by atoms with E-state index in [2.05, 4.69) is 0 Å². The Balaban J connectivity index is 2.09. The van der Waals surface area contributed by atoms with Crippen molar-refractivity contribution in [2.45, 2.75) is 38.2 Å². The zero-order chi connectivity index (χ0) is 18.1. The van der Waals surface area contributed by atoms with Crippen LogP contribution >= 0.6 is 0 Å². The second kappa shape index (κ2) is 6.68. The average Bonchev–Trinajstić information content (AvgIpc) is 2.48. The zero-order valence-corrected chi connectivity index (χ0v) is 15.2. The first-order valence-electron chi connectivity index (χ1n) is 7.75. The van der Waals surface area contributed by atoms with Crippen LogP contribution < -0.4 is 0 Å². The number of ether oxygens (including phenoxy) is 1. The van der Waals surface area contributed by atoms with Crippen molar-refractivity contribution in [2.24, 2.45) is 0 Å². The van der Waals surface area contributed by atoms with Crippen LogP contribution in [-0.2, 0) is 14.8 Å². The summed E-state index contributed by atoms with van der Waals surface area (Å²) < 4.78 is 45.6. The summed E-state index contributed by atoms with van der Waals surface area (Å²) in [5.41, 5.74) is 0.0627. The fourth-order valence-electron chi connectivity index (χ4n) is 2.38. The average molecular weight is 358 g/mol. The Labute approximate surface area is 142 Å². The van der Waals surface area contributed by atoms with Crippen LogP contribution in [0.25, 0.3) is 0 Å². The van der Waals surface area contributed by atoms with Gasteiger partial charge in [0.05, 0.1) is 0 Å². The van der Waals surface area contributed by atoms with Crippen molar-refractivity contribution in [1.29, 1.82) is 0 Å². The minimum atomic E-state index is -3.92. The van der Waals surface area contributed by atoms with Gasteiger partial charge in [-0.15, -0.1) is 0 Å². The predicted molar refractivity (Wildman–Crippen MR) is 87.7 cm³/mol. The highest BCUT2D eigenvalue weighted by molar-refractivity contribution is 7.89. The molecule has 8 heteroatoms. The van der Waals surface area contributed by atoms with Crippen LogP contribution in [0.4, 0.5) is 9.18 Å². The van der Waals surface area contributed by atoms with Gasteiger partial charge in [0.15, 0.2) is 0 Å². The molecule has 0 bridgehead atoms. The van der Waals surface area contributed by atoms with E-state index in [9.17, 15) is 17.6 Å². The van der Waals surface area contributed by atoms with E-state index >= 15 is 0 Å². The molecular formula is C16H23FN2O4S. The van der Waals surface area contributed by atoms with Crippen LogP contribution in [0.5, 0.6) is 0 Å². The SMILES string of the molecule is Cc1ccc(F)c(S(=O)(=O)N2CCN(C(=O)OC(C)(C)C)CC2)c1. The monoisotopic (exact) mass is 358 g/mol. The summed E-state index contributed by atoms with van der Waals surface area (Å²) >= 11 is 0. The number of carbonyl (C=O) groups is 1. The number of hydrogen-bond donors (Lipinski definition) is 0. The molecule has 1 saturated heterocycles. The molecule has 0 atom stereocenters. The number of halogens is 1. The third kappa shape index (κ3) is 4.24. The highest BCUT2D eigenvalue weighted by Gasteiger charge is 2.33. The topological polar surface area (TPSA) is 66.9 Å². The molecule has 134 valence electrons. The molecule has 0 saturated carbocycles. The van der Waals surface area contributed by atoms with Crippen molar-refractivity contribution < 1.29 is 22.3 Å². The third-order valence-electron chi connectivity index (χ3n) is 3.59. The van der Waals surface area contributed by atoms with E-state index < -0.39 is 27.5 Å². The summed E-state index contributed by atoms with van der Waals surface area (Å²) in [5.74, 6) is -0.768. The van der Waals surface area contributed by atoms with Crippen molar-refractivity contribution >= 4 is 16.1 Å². The molecule has 1 aromatic rings. The lowest BCUT2D eigenvalue weighted by Gasteiger charge is -2.35. The van der Waals surface area contributed by atoms with Crippen molar-refractivity contribution in [2.75, 3.05) is 26.2 Å². The van der Waals surface area contributed by atoms with Crippen molar-refractivity contribution in [1.82, 2.24) is 9.21 Å². The summed E-state index contributed by atoms with van der Waals surface area (Å²) in [6.07, 6.45) is -0.471. The van der Waals surface area contributed by atoms with E-state index in [1.165, 1.54) is 21.3 Å². The van der Waals surface area contributed by atoms with Crippen molar-refractivity contribution in [3.05, 3.63) is 29.6 Å². The van der Waals surface area contributed by atoms with Gasteiger partial charge in [-0.05, 0) is 45.4 Å². The van der Waals surface area contributed by atoms with Crippen molar-refractivity contribution in [3.63, 3.8) is 0 Å². The van der Waals surface area contributed by atoms with Crippen LogP contribution in [0.3, 0.4) is 0 Å². The lowest BCUT2D eigenvalue weighted by molar-refractivity contribution is 0.0192. The molecule has 1 fully saturated rings. The first-order valence-corrected chi connectivity index (χ1v) is 9.19. The lowest BCUT2D eigenvalue weighted by Crippen LogP contribution is -2.51. The fraction of sp³-hybridized carbons (Fsp3) is 0.562. The molecule has 0 aromatic heterocycles. The molecule has 6 nitrogen and oxygen atoms in total. The number of hydrogen-bond acceptors (Lipinski definition) is 4. The number of rotatable bonds is 2. The summed E-state index contributed by atoms with van der Waals surface area (Å²) in [7, 11) is -3.92. The third-order valence-corrected chi connectivity index (χ3v) is 5.51. The van der Waals surface area contributed by atoms with E-state index in [4.69, 9.17) is 4.74 Å². The fourth-order valence-corrected chi connectivity index (χ4v) is 3.96. The Kier molecular flexibility index (Phi) is 5.19. The van der Waals surface area contributed by atoms with E-state index in [-0.39, 0.29) is 31.1 Å². The lowest BCUT2D eigenvalue weighted by atomic mass is 10.2. The summed E-state index contributed by atoms with van der Waals surface area (Å²) in [4.78, 5) is 13.2. The van der Waals surface area contributed by atoms with Gasteiger partial charge in [-0.3, -0.25) is 0 Å². The Morgan fingerprint density at radius 2 is 1.75 bits per heavy atom. The molecular weight excluding hydrogens is 335 g/mol. The minimum absolute atomic E-state index is 0.106. The Hall–Kier alpha value is -1.67. The van der Waals surface area contributed by atoms with Gasteiger partial charge in [0, 0.05) is 26.2 Å². The number of nitrogens with zero attached hydrogens (tertiary/aromatic N) is 2. The zero-order valence-electron chi connectivity index (χ0n) is 14.4. The van der Waals surface area contributed by atoms with Crippen LogP contribution in [-0.4, -0.2) is 55.5 Å². The first-order chi connectivity index (χ1) is 11.0. The largest absolute Gasteiger partial charge is 0.444 e. The maximum absolute atomic E-state index is 13.9. The highest BCUT2D eigenvalue weighted by atomic mass is 32.2. The Morgan fingerprint density at radius 1 is 1.17 bits per heavy atom. The van der Waals surface area contributed by atoms with Gasteiger partial charge < -0.3 is 9.64 Å². The number of carbonyl (C=O) groups excluding carboxylic acids is 1. The Bertz CT molecular complexity index is 720. The summed E-state index contributed by atoms with van der Waals surface area (Å²) in [6, 6.07) is 4.00. The second-order valence-corrected chi connectivity index (χ2v) is 8.71. The molecule has 1 aliphatic heterocycles. The molecule has 24 heavy (non-hydrogen) atoms. The molecule has 0 spiro atoms. The minimum Gasteiger partial charge on any atom is -0.444 e. The quantitative estimate of drug-likeness (QED) is 0.814. The smallest absolute Gasteiger partial charge is 0.410 e. The maximum atomic E-state index is 13.9. The van der Waals surface area contributed by atoms with E-state index in [0.717, 1.165) is 6.07 Å². The molecule has 2 rings (SSSR count). The molecule has 0 aliphatic carbocycles. The van der Waals surface area contributed by atoms with E-state index in [0.29, 0.717) is 5.56 Å². The maximum Gasteiger partial charge on any atom is 0.410 e. The molecule has 0 unspecified atom stereocenters. The Morgan fingerprint density at radius 3 is 2.29 bits per heavy atom. The van der Waals surface area contributed by atoms with E-state index in [1.807, 2.05) is 0 Å². The van der Waals surface area contributed by atoms with Gasteiger partial charge in [0.2, 0.25) is 10.0 Å². The number of benzene rings is 1. The van der Waals surface area contributed by atoms with Gasteiger partial charge in [-0.2, -0.15) is 4.31 Å². The van der Waals surface area contributed by atoms with Gasteiger partial charge in [0.25, 0.3) is 0 Å². The number of amides is 1. The first kappa shape index (κ1) is 18.7. The second-order valence-electron chi connectivity index (χ2n) is 6.81. The van der Waals surface area contributed by atoms with Crippen molar-refractivity contribution in [3.8, 4) is 0 Å². The molecule has 0 N–H and O–H groups in total. The van der Waals surface area contributed by atoms with Gasteiger partial charge >= 0.3 is 6.09 Å². The molecule has 1 amide bonds. The van der Waals surface area contributed by atoms with Gasteiger partial charge in [0.1, 0.15) is 16.3 Å². The molecule has 0 radical (unpaired) electrons. The summed E-state index contributed by atoms with van der Waals surface area (Å²) in [5, 5.41) is 0. The normalized spacial score (nSPS) is 17.0. The van der Waals surface area contributed by atoms with E-state index in [1.54, 1.807) is 27.7 Å². The molecule has 1 heterocycles. The standard InChI is InChI=1S/C16H23FN2O4S/c1-12-5-6-13(17)14(11-12)24(21,22)19-9-7-18(8-10-19)15(20)23-16(2,3)4/h5-6,11H,7-10H2,1-4H3. The van der Waals surface area contributed by atoms with Crippen LogP contribution in [0.2, 0.25) is 0 Å². The van der Waals surface area contributed by atoms with Gasteiger partial charge in [-0.25, -0.2) is 17.6 Å². The van der Waals surface area contributed by atoms with Crippen LogP contribution in [0.1, 0.15) is 26.3 Å². The number of piperazine rings is 1. The predicted octanol–water partition coefficient (Wildman–Crippen LogP) is 2.38. The number of aryl methyl sites for hydroxylation is 1. The summed E-state index contributed by atoms with van der Waals surface area (Å²) in [6.45, 7) is 7.65. The van der Waals surface area contributed by atoms with Gasteiger partial charge in [-0.1, -0.05) is 6.07 Å². The molecule has 1 aromatic carbocycles. The molecule has 1 aliphatic rings. The highest BCUT2D eigenvalue weighted by Crippen LogP contribution is 2.22. The number of sulfonamides is 1. The van der Waals surface area contributed by atoms with Crippen LogP contribution in [0.15, 0.2) is 23.1 Å².